The minimum Gasteiger partial charge on any atom is -0.370 e. The summed E-state index contributed by atoms with van der Waals surface area (Å²) in [7, 11) is 0. The molecule has 1 aliphatic carbocycles. The fraction of sp³-hybridized carbons (Fsp3) is 0.562. The number of nitrogens with zero attached hydrogens (tertiary/aromatic N) is 1. The second-order valence-electron chi connectivity index (χ2n) is 6.70. The van der Waals surface area contributed by atoms with E-state index < -0.39 is 0 Å². The van der Waals surface area contributed by atoms with Crippen LogP contribution in [0, 0.1) is 0 Å². The van der Waals surface area contributed by atoms with Crippen molar-refractivity contribution < 1.29 is 0 Å². The minimum absolute atomic E-state index is 0.167. The molecule has 0 amide bonds. The first-order valence-electron chi connectivity index (χ1n) is 7.00. The molecule has 104 valence electrons. The first kappa shape index (κ1) is 13.9. The molecule has 1 aliphatic rings. The Morgan fingerprint density at radius 3 is 2.11 bits per heavy atom. The van der Waals surface area contributed by atoms with Crippen LogP contribution >= 0.6 is 0 Å². The lowest BCUT2D eigenvalue weighted by Crippen LogP contribution is -2.38. The van der Waals surface area contributed by atoms with E-state index in [2.05, 4.69) is 50.0 Å². The van der Waals surface area contributed by atoms with Crippen molar-refractivity contribution in [1.29, 1.82) is 0 Å². The molecule has 19 heavy (non-hydrogen) atoms. The predicted octanol–water partition coefficient (Wildman–Crippen LogP) is 2.68. The molecular weight excluding hydrogens is 234 g/mol. The third-order valence-electron chi connectivity index (χ3n) is 4.24. The Hall–Kier alpha value is -1.51. The van der Waals surface area contributed by atoms with E-state index in [0.29, 0.717) is 6.54 Å². The number of benzene rings is 1. The highest BCUT2D eigenvalue weighted by atomic mass is 15.0. The van der Waals surface area contributed by atoms with Gasteiger partial charge in [-0.05, 0) is 29.4 Å². The van der Waals surface area contributed by atoms with Crippen molar-refractivity contribution >= 4 is 5.96 Å². The van der Waals surface area contributed by atoms with Crippen molar-refractivity contribution in [3.63, 3.8) is 0 Å². The van der Waals surface area contributed by atoms with E-state index >= 15 is 0 Å². The Morgan fingerprint density at radius 1 is 1.16 bits per heavy atom. The summed E-state index contributed by atoms with van der Waals surface area (Å²) in [6, 6.07) is 8.99. The van der Waals surface area contributed by atoms with Crippen LogP contribution in [0.25, 0.3) is 0 Å². The summed E-state index contributed by atoms with van der Waals surface area (Å²) in [6.07, 6.45) is 3.62. The van der Waals surface area contributed by atoms with Crippen LogP contribution in [0.3, 0.4) is 0 Å². The van der Waals surface area contributed by atoms with Gasteiger partial charge in [-0.3, -0.25) is 4.99 Å². The van der Waals surface area contributed by atoms with Gasteiger partial charge in [-0.15, -0.1) is 0 Å². The van der Waals surface area contributed by atoms with Crippen molar-refractivity contribution in [2.45, 2.75) is 50.9 Å². The number of guanidine groups is 1. The zero-order valence-corrected chi connectivity index (χ0v) is 12.2. The maximum absolute atomic E-state index is 5.47. The standard InChI is InChI=1S/C16H25N3/c1-15(2,3)12-5-7-13(8-6-12)16(9-4-10-16)11-19-14(17)18/h5-8H,4,9-11H2,1-3H3,(H4,17,18,19). The fourth-order valence-electron chi connectivity index (χ4n) is 2.71. The number of hydrogen-bond acceptors (Lipinski definition) is 1. The molecule has 3 nitrogen and oxygen atoms in total. The van der Waals surface area contributed by atoms with Gasteiger partial charge in [-0.25, -0.2) is 0 Å². The summed E-state index contributed by atoms with van der Waals surface area (Å²) in [5, 5.41) is 0. The molecule has 0 saturated heterocycles. The summed E-state index contributed by atoms with van der Waals surface area (Å²) < 4.78 is 0. The molecule has 1 saturated carbocycles. The van der Waals surface area contributed by atoms with E-state index in [9.17, 15) is 0 Å². The highest BCUT2D eigenvalue weighted by molar-refractivity contribution is 5.75. The van der Waals surface area contributed by atoms with Gasteiger partial charge in [0, 0.05) is 5.41 Å². The molecular formula is C16H25N3. The third kappa shape index (κ3) is 2.91. The molecule has 0 atom stereocenters. The second-order valence-corrected chi connectivity index (χ2v) is 6.70. The molecule has 0 aliphatic heterocycles. The molecule has 0 bridgehead atoms. The van der Waals surface area contributed by atoms with Gasteiger partial charge in [0.25, 0.3) is 0 Å². The van der Waals surface area contributed by atoms with Crippen LogP contribution in [-0.2, 0) is 10.8 Å². The van der Waals surface area contributed by atoms with E-state index in [4.69, 9.17) is 11.5 Å². The highest BCUT2D eigenvalue weighted by Gasteiger charge is 2.38. The van der Waals surface area contributed by atoms with E-state index in [1.807, 2.05) is 0 Å². The van der Waals surface area contributed by atoms with Crippen LogP contribution in [0.1, 0.15) is 51.2 Å². The van der Waals surface area contributed by atoms with Gasteiger partial charge >= 0.3 is 0 Å². The molecule has 0 radical (unpaired) electrons. The zero-order valence-electron chi connectivity index (χ0n) is 12.2. The Balaban J connectivity index is 2.22. The van der Waals surface area contributed by atoms with Gasteiger partial charge in [0.2, 0.25) is 0 Å². The van der Waals surface area contributed by atoms with E-state index in [0.717, 1.165) is 0 Å². The molecule has 4 N–H and O–H groups in total. The van der Waals surface area contributed by atoms with Crippen molar-refractivity contribution in [1.82, 2.24) is 0 Å². The number of rotatable bonds is 3. The zero-order chi connectivity index (χ0) is 14.1. The molecule has 1 fully saturated rings. The molecule has 1 aromatic rings. The van der Waals surface area contributed by atoms with Crippen LogP contribution in [0.15, 0.2) is 29.3 Å². The summed E-state index contributed by atoms with van der Waals surface area (Å²) in [5.74, 6) is 0.192. The number of aliphatic imine (C=N–C) groups is 1. The largest absolute Gasteiger partial charge is 0.370 e. The lowest BCUT2D eigenvalue weighted by Gasteiger charge is -2.41. The topological polar surface area (TPSA) is 64.4 Å². The smallest absolute Gasteiger partial charge is 0.185 e. The molecule has 2 rings (SSSR count). The summed E-state index contributed by atoms with van der Waals surface area (Å²) >= 11 is 0. The Labute approximate surface area is 116 Å². The third-order valence-corrected chi connectivity index (χ3v) is 4.24. The molecule has 0 aromatic heterocycles. The second kappa shape index (κ2) is 4.87. The molecule has 0 heterocycles. The lowest BCUT2D eigenvalue weighted by atomic mass is 9.64. The summed E-state index contributed by atoms with van der Waals surface area (Å²) in [5.41, 5.74) is 14.0. The van der Waals surface area contributed by atoms with Gasteiger partial charge in [0.05, 0.1) is 6.54 Å². The Bertz CT molecular complexity index is 458. The average molecular weight is 259 g/mol. The van der Waals surface area contributed by atoms with E-state index in [1.165, 1.54) is 30.4 Å². The van der Waals surface area contributed by atoms with Gasteiger partial charge in [0.1, 0.15) is 0 Å². The normalized spacial score (nSPS) is 17.6. The van der Waals surface area contributed by atoms with Gasteiger partial charge in [0.15, 0.2) is 5.96 Å². The number of nitrogens with two attached hydrogens (primary N) is 2. The predicted molar refractivity (Wildman–Crippen MR) is 81.3 cm³/mol. The fourth-order valence-corrected chi connectivity index (χ4v) is 2.71. The van der Waals surface area contributed by atoms with Crippen molar-refractivity contribution in [2.24, 2.45) is 16.5 Å². The van der Waals surface area contributed by atoms with Crippen molar-refractivity contribution in [3.05, 3.63) is 35.4 Å². The minimum atomic E-state index is 0.167. The quantitative estimate of drug-likeness (QED) is 0.647. The monoisotopic (exact) mass is 259 g/mol. The van der Waals surface area contributed by atoms with Crippen molar-refractivity contribution in [3.8, 4) is 0 Å². The van der Waals surface area contributed by atoms with Crippen LogP contribution in [0.4, 0.5) is 0 Å². The molecule has 1 aromatic carbocycles. The Kier molecular flexibility index (Phi) is 3.57. The first-order valence-corrected chi connectivity index (χ1v) is 7.00. The average Bonchev–Trinajstić information content (AvgIpc) is 2.26. The van der Waals surface area contributed by atoms with Crippen LogP contribution < -0.4 is 11.5 Å². The summed E-state index contributed by atoms with van der Waals surface area (Å²) in [6.45, 7) is 7.42. The van der Waals surface area contributed by atoms with Crippen molar-refractivity contribution in [2.75, 3.05) is 6.54 Å². The SMILES string of the molecule is CC(C)(C)c1ccc(C2(CN=C(N)N)CCC2)cc1. The molecule has 0 spiro atoms. The van der Waals surface area contributed by atoms with E-state index in [1.54, 1.807) is 0 Å². The van der Waals surface area contributed by atoms with Gasteiger partial charge in [-0.2, -0.15) is 0 Å². The van der Waals surface area contributed by atoms with Crippen LogP contribution in [0.2, 0.25) is 0 Å². The molecule has 3 heteroatoms. The van der Waals surface area contributed by atoms with Crippen LogP contribution in [-0.4, -0.2) is 12.5 Å². The maximum Gasteiger partial charge on any atom is 0.185 e. The highest BCUT2D eigenvalue weighted by Crippen LogP contribution is 2.44. The summed E-state index contributed by atoms with van der Waals surface area (Å²) in [4.78, 5) is 4.24. The van der Waals surface area contributed by atoms with Gasteiger partial charge in [-0.1, -0.05) is 51.5 Å². The Morgan fingerprint density at radius 2 is 1.74 bits per heavy atom. The van der Waals surface area contributed by atoms with E-state index in [-0.39, 0.29) is 16.8 Å². The lowest BCUT2D eigenvalue weighted by molar-refractivity contribution is 0.253. The van der Waals surface area contributed by atoms with Crippen LogP contribution in [0.5, 0.6) is 0 Å². The molecule has 0 unspecified atom stereocenters. The van der Waals surface area contributed by atoms with Gasteiger partial charge < -0.3 is 11.5 Å². The maximum atomic E-state index is 5.47. The number of hydrogen-bond donors (Lipinski definition) is 2. The first-order chi connectivity index (χ1) is 8.83.